The van der Waals surface area contributed by atoms with Crippen molar-refractivity contribution in [2.24, 2.45) is 0 Å². The summed E-state index contributed by atoms with van der Waals surface area (Å²) in [6, 6.07) is 8.24. The molecule has 0 bridgehead atoms. The molecule has 2 rings (SSSR count). The van der Waals surface area contributed by atoms with Crippen LogP contribution in [0, 0.1) is 6.92 Å². The van der Waals surface area contributed by atoms with E-state index in [2.05, 4.69) is 27.8 Å². The van der Waals surface area contributed by atoms with Gasteiger partial charge in [0.1, 0.15) is 0 Å². The lowest BCUT2D eigenvalue weighted by atomic mass is 10.3. The maximum Gasteiger partial charge on any atom is 0.0494 e. The molecule has 0 fully saturated rings. The van der Waals surface area contributed by atoms with Crippen molar-refractivity contribution in [3.63, 3.8) is 0 Å². The Bertz CT molecular complexity index is 395. The Kier molecular flexibility index (Phi) is 2.79. The van der Waals surface area contributed by atoms with Crippen molar-refractivity contribution in [1.82, 2.24) is 4.98 Å². The monoisotopic (exact) mass is 204 g/mol. The quantitative estimate of drug-likeness (QED) is 0.831. The van der Waals surface area contributed by atoms with E-state index in [0.717, 1.165) is 17.9 Å². The number of rotatable bonds is 3. The van der Waals surface area contributed by atoms with Crippen LogP contribution in [0.15, 0.2) is 35.8 Å². The smallest absolute Gasteiger partial charge is 0.0494 e. The lowest BCUT2D eigenvalue weighted by Gasteiger charge is -2.04. The fourth-order valence-electron chi connectivity index (χ4n) is 1.26. The number of aromatic nitrogens is 1. The van der Waals surface area contributed by atoms with Crippen molar-refractivity contribution in [2.75, 3.05) is 5.32 Å². The Morgan fingerprint density at radius 3 is 3.07 bits per heavy atom. The fourth-order valence-corrected chi connectivity index (χ4v) is 1.90. The van der Waals surface area contributed by atoms with Crippen molar-refractivity contribution >= 4 is 17.0 Å². The standard InChI is InChI=1S/C11H12N2S/c1-9-7-10(4-5-12-9)13-8-11-3-2-6-14-11/h2-7H,8H2,1H3,(H,12,13). The molecular formula is C11H12N2S. The Balaban J connectivity index is 1.98. The molecule has 0 atom stereocenters. The number of anilines is 1. The molecule has 0 unspecified atom stereocenters. The van der Waals surface area contributed by atoms with E-state index in [1.165, 1.54) is 4.88 Å². The second-order valence-corrected chi connectivity index (χ2v) is 4.15. The first-order valence-electron chi connectivity index (χ1n) is 4.53. The maximum atomic E-state index is 4.15. The summed E-state index contributed by atoms with van der Waals surface area (Å²) in [5.74, 6) is 0. The number of nitrogens with zero attached hydrogens (tertiary/aromatic N) is 1. The summed E-state index contributed by atoms with van der Waals surface area (Å²) in [6.45, 7) is 2.89. The van der Waals surface area contributed by atoms with Crippen LogP contribution < -0.4 is 5.32 Å². The molecule has 1 N–H and O–H groups in total. The minimum Gasteiger partial charge on any atom is -0.380 e. The number of pyridine rings is 1. The molecule has 0 spiro atoms. The van der Waals surface area contributed by atoms with Gasteiger partial charge in [0.15, 0.2) is 0 Å². The molecule has 0 saturated heterocycles. The molecule has 14 heavy (non-hydrogen) atoms. The topological polar surface area (TPSA) is 24.9 Å². The highest BCUT2D eigenvalue weighted by Crippen LogP contribution is 2.12. The molecule has 0 amide bonds. The molecule has 2 aromatic rings. The molecule has 2 heterocycles. The van der Waals surface area contributed by atoms with Crippen LogP contribution in [-0.4, -0.2) is 4.98 Å². The molecule has 3 heteroatoms. The molecule has 0 radical (unpaired) electrons. The van der Waals surface area contributed by atoms with Crippen molar-refractivity contribution in [3.8, 4) is 0 Å². The summed E-state index contributed by atoms with van der Waals surface area (Å²) >= 11 is 1.77. The van der Waals surface area contributed by atoms with Crippen molar-refractivity contribution in [3.05, 3.63) is 46.4 Å². The van der Waals surface area contributed by atoms with E-state index in [4.69, 9.17) is 0 Å². The van der Waals surface area contributed by atoms with Crippen LogP contribution in [0.4, 0.5) is 5.69 Å². The molecule has 0 aliphatic carbocycles. The predicted octanol–water partition coefficient (Wildman–Crippen LogP) is 3.06. The van der Waals surface area contributed by atoms with Crippen molar-refractivity contribution in [2.45, 2.75) is 13.5 Å². The van der Waals surface area contributed by atoms with Gasteiger partial charge < -0.3 is 5.32 Å². The zero-order valence-corrected chi connectivity index (χ0v) is 8.84. The molecular weight excluding hydrogens is 192 g/mol. The Morgan fingerprint density at radius 1 is 1.43 bits per heavy atom. The minimum absolute atomic E-state index is 0.890. The molecule has 2 aromatic heterocycles. The van der Waals surface area contributed by atoms with Crippen LogP contribution >= 0.6 is 11.3 Å². The molecule has 0 aliphatic rings. The third-order valence-electron chi connectivity index (χ3n) is 1.94. The average Bonchev–Trinajstić information content (AvgIpc) is 2.67. The minimum atomic E-state index is 0.890. The number of hydrogen-bond acceptors (Lipinski definition) is 3. The van der Waals surface area contributed by atoms with Crippen LogP contribution in [0.3, 0.4) is 0 Å². The second kappa shape index (κ2) is 4.24. The van der Waals surface area contributed by atoms with Gasteiger partial charge in [0, 0.05) is 29.0 Å². The van der Waals surface area contributed by atoms with Gasteiger partial charge in [0.2, 0.25) is 0 Å². The van der Waals surface area contributed by atoms with E-state index in [0.29, 0.717) is 0 Å². The highest BCUT2D eigenvalue weighted by molar-refractivity contribution is 7.09. The average molecular weight is 204 g/mol. The van der Waals surface area contributed by atoms with Crippen LogP contribution in [0.5, 0.6) is 0 Å². The Hall–Kier alpha value is -1.35. The lowest BCUT2D eigenvalue weighted by Crippen LogP contribution is -1.97. The SMILES string of the molecule is Cc1cc(NCc2cccs2)ccn1. The summed E-state index contributed by atoms with van der Waals surface area (Å²) < 4.78 is 0. The first-order chi connectivity index (χ1) is 6.84. The summed E-state index contributed by atoms with van der Waals surface area (Å²) in [6.07, 6.45) is 1.83. The summed E-state index contributed by atoms with van der Waals surface area (Å²) in [5, 5.41) is 5.45. The second-order valence-electron chi connectivity index (χ2n) is 3.12. The summed E-state index contributed by atoms with van der Waals surface area (Å²) in [5.41, 5.74) is 2.17. The van der Waals surface area contributed by atoms with E-state index < -0.39 is 0 Å². The first kappa shape index (κ1) is 9.21. The van der Waals surface area contributed by atoms with Crippen molar-refractivity contribution < 1.29 is 0 Å². The third-order valence-corrected chi connectivity index (χ3v) is 2.82. The van der Waals surface area contributed by atoms with E-state index >= 15 is 0 Å². The number of nitrogens with one attached hydrogen (secondary N) is 1. The van der Waals surface area contributed by atoms with Gasteiger partial charge >= 0.3 is 0 Å². The van der Waals surface area contributed by atoms with Gasteiger partial charge in [0.25, 0.3) is 0 Å². The molecule has 0 aliphatic heterocycles. The van der Waals surface area contributed by atoms with Crippen molar-refractivity contribution in [1.29, 1.82) is 0 Å². The van der Waals surface area contributed by atoms with Gasteiger partial charge in [0.05, 0.1) is 0 Å². The zero-order valence-electron chi connectivity index (χ0n) is 8.03. The van der Waals surface area contributed by atoms with Crippen LogP contribution in [-0.2, 0) is 6.54 Å². The van der Waals surface area contributed by atoms with Crippen LogP contribution in [0.1, 0.15) is 10.6 Å². The fraction of sp³-hybridized carbons (Fsp3) is 0.182. The Labute approximate surface area is 87.6 Å². The van der Waals surface area contributed by atoms with E-state index in [1.807, 2.05) is 25.3 Å². The van der Waals surface area contributed by atoms with Gasteiger partial charge in [-0.3, -0.25) is 4.98 Å². The highest BCUT2D eigenvalue weighted by atomic mass is 32.1. The lowest BCUT2D eigenvalue weighted by molar-refractivity contribution is 1.15. The van der Waals surface area contributed by atoms with Gasteiger partial charge in [-0.2, -0.15) is 0 Å². The molecule has 72 valence electrons. The van der Waals surface area contributed by atoms with E-state index in [-0.39, 0.29) is 0 Å². The molecule has 0 saturated carbocycles. The van der Waals surface area contributed by atoms with Gasteiger partial charge in [-0.1, -0.05) is 6.07 Å². The number of thiophene rings is 1. The number of aryl methyl sites for hydroxylation is 1. The largest absolute Gasteiger partial charge is 0.380 e. The van der Waals surface area contributed by atoms with E-state index in [1.54, 1.807) is 11.3 Å². The predicted molar refractivity (Wildman–Crippen MR) is 60.6 cm³/mol. The highest BCUT2D eigenvalue weighted by Gasteiger charge is 1.94. The number of hydrogen-bond donors (Lipinski definition) is 1. The maximum absolute atomic E-state index is 4.15. The van der Waals surface area contributed by atoms with Gasteiger partial charge in [-0.15, -0.1) is 11.3 Å². The molecule has 0 aromatic carbocycles. The van der Waals surface area contributed by atoms with Crippen LogP contribution in [0.2, 0.25) is 0 Å². The van der Waals surface area contributed by atoms with Crippen LogP contribution in [0.25, 0.3) is 0 Å². The summed E-state index contributed by atoms with van der Waals surface area (Å²) in [4.78, 5) is 5.49. The van der Waals surface area contributed by atoms with Gasteiger partial charge in [-0.05, 0) is 30.5 Å². The van der Waals surface area contributed by atoms with E-state index in [9.17, 15) is 0 Å². The third kappa shape index (κ3) is 2.33. The van der Waals surface area contributed by atoms with Gasteiger partial charge in [-0.25, -0.2) is 0 Å². The first-order valence-corrected chi connectivity index (χ1v) is 5.41. The normalized spacial score (nSPS) is 10.1. The summed E-state index contributed by atoms with van der Waals surface area (Å²) in [7, 11) is 0. The zero-order chi connectivity index (χ0) is 9.80. The molecule has 2 nitrogen and oxygen atoms in total. The Morgan fingerprint density at radius 2 is 2.36 bits per heavy atom.